The number of imidazole rings is 1. The molecule has 2 rings (SSSR count). The highest BCUT2D eigenvalue weighted by molar-refractivity contribution is 9.10. The molecule has 14 heavy (non-hydrogen) atoms. The fraction of sp³-hybridized carbons (Fsp3) is 0.222. The van der Waals surface area contributed by atoms with Crippen LogP contribution in [0.2, 0.25) is 0 Å². The molecule has 4 nitrogen and oxygen atoms in total. The Morgan fingerprint density at radius 1 is 1.57 bits per heavy atom. The van der Waals surface area contributed by atoms with E-state index in [1.54, 1.807) is 29.1 Å². The highest BCUT2D eigenvalue weighted by Crippen LogP contribution is 2.24. The number of rotatable bonds is 2. The lowest BCUT2D eigenvalue weighted by Crippen LogP contribution is -2.05. The van der Waals surface area contributed by atoms with Crippen LogP contribution in [0.15, 0.2) is 33.6 Å². The maximum absolute atomic E-state index is 9.88. The van der Waals surface area contributed by atoms with Gasteiger partial charge in [-0.05, 0) is 28.1 Å². The lowest BCUT2D eigenvalue weighted by Gasteiger charge is -2.06. The van der Waals surface area contributed by atoms with Gasteiger partial charge in [0.05, 0.1) is 0 Å². The molecule has 0 aromatic carbocycles. The molecule has 0 fully saturated rings. The second-order valence-electron chi connectivity index (χ2n) is 2.94. The lowest BCUT2D eigenvalue weighted by atomic mass is 10.2. The normalized spacial score (nSPS) is 13.1. The van der Waals surface area contributed by atoms with E-state index in [0.717, 1.165) is 0 Å². The number of aliphatic hydroxyl groups excluding tert-OH is 1. The monoisotopic (exact) mass is 256 g/mol. The summed E-state index contributed by atoms with van der Waals surface area (Å²) >= 11 is 3.18. The van der Waals surface area contributed by atoms with Crippen molar-refractivity contribution >= 4 is 15.9 Å². The molecule has 1 N–H and O–H groups in total. The van der Waals surface area contributed by atoms with Gasteiger partial charge in [-0.1, -0.05) is 0 Å². The summed E-state index contributed by atoms with van der Waals surface area (Å²) in [6.45, 7) is 0. The molecule has 0 amide bonds. The van der Waals surface area contributed by atoms with Crippen LogP contribution < -0.4 is 0 Å². The van der Waals surface area contributed by atoms with Crippen molar-refractivity contribution in [1.29, 1.82) is 0 Å². The highest BCUT2D eigenvalue weighted by atomic mass is 79.9. The first-order valence-electron chi connectivity index (χ1n) is 4.09. The Kier molecular flexibility index (Phi) is 2.43. The summed E-state index contributed by atoms with van der Waals surface area (Å²) in [6.07, 6.45) is 2.59. The number of hydrogen-bond donors (Lipinski definition) is 1. The van der Waals surface area contributed by atoms with Crippen LogP contribution in [0.4, 0.5) is 0 Å². The van der Waals surface area contributed by atoms with Crippen LogP contribution in [-0.4, -0.2) is 14.7 Å². The molecule has 0 radical (unpaired) electrons. The molecule has 0 aliphatic carbocycles. The first-order chi connectivity index (χ1) is 6.68. The summed E-state index contributed by atoms with van der Waals surface area (Å²) < 4.78 is 7.59. The van der Waals surface area contributed by atoms with Crippen molar-refractivity contribution in [1.82, 2.24) is 9.55 Å². The van der Waals surface area contributed by atoms with Crippen LogP contribution in [-0.2, 0) is 7.05 Å². The molecule has 1 atom stereocenters. The van der Waals surface area contributed by atoms with Crippen molar-refractivity contribution < 1.29 is 9.52 Å². The molecular formula is C9H9BrN2O2. The number of aryl methyl sites for hydroxylation is 1. The number of hydrogen-bond acceptors (Lipinski definition) is 3. The van der Waals surface area contributed by atoms with Crippen molar-refractivity contribution in [2.75, 3.05) is 0 Å². The van der Waals surface area contributed by atoms with Gasteiger partial charge in [-0.2, -0.15) is 0 Å². The van der Waals surface area contributed by atoms with Gasteiger partial charge in [-0.25, -0.2) is 4.98 Å². The minimum absolute atomic E-state index is 0.478. The summed E-state index contributed by atoms with van der Waals surface area (Å²) in [6, 6.07) is 3.45. The van der Waals surface area contributed by atoms with Crippen LogP contribution in [0.25, 0.3) is 0 Å². The molecule has 0 saturated carbocycles. The van der Waals surface area contributed by atoms with Crippen LogP contribution in [0.3, 0.4) is 0 Å². The molecule has 74 valence electrons. The summed E-state index contributed by atoms with van der Waals surface area (Å²) in [5, 5.41) is 9.88. The van der Waals surface area contributed by atoms with Gasteiger partial charge in [-0.3, -0.25) is 0 Å². The van der Waals surface area contributed by atoms with E-state index in [0.29, 0.717) is 16.3 Å². The predicted octanol–water partition coefficient (Wildman–Crippen LogP) is 1.86. The first kappa shape index (κ1) is 9.48. The van der Waals surface area contributed by atoms with Crippen molar-refractivity contribution in [3.8, 4) is 0 Å². The molecule has 0 aliphatic heterocycles. The van der Waals surface area contributed by atoms with Gasteiger partial charge >= 0.3 is 0 Å². The van der Waals surface area contributed by atoms with Crippen LogP contribution >= 0.6 is 15.9 Å². The Morgan fingerprint density at radius 3 is 2.86 bits per heavy atom. The quantitative estimate of drug-likeness (QED) is 0.893. The first-order valence-corrected chi connectivity index (χ1v) is 4.88. The third-order valence-corrected chi connectivity index (χ3v) is 2.39. The predicted molar refractivity (Wildman–Crippen MR) is 53.7 cm³/mol. The Balaban J connectivity index is 2.33. The SMILES string of the molecule is Cn1ccnc1C(O)c1ccc(Br)o1. The molecule has 0 aliphatic rings. The number of halogens is 1. The Hall–Kier alpha value is -1.07. The summed E-state index contributed by atoms with van der Waals surface area (Å²) in [5.41, 5.74) is 0. The van der Waals surface area contributed by atoms with E-state index in [2.05, 4.69) is 20.9 Å². The second-order valence-corrected chi connectivity index (χ2v) is 3.72. The summed E-state index contributed by atoms with van der Waals surface area (Å²) in [5.74, 6) is 1.04. The molecule has 2 aromatic heterocycles. The van der Waals surface area contributed by atoms with E-state index >= 15 is 0 Å². The zero-order valence-corrected chi connectivity index (χ0v) is 9.10. The van der Waals surface area contributed by atoms with Gasteiger partial charge in [0, 0.05) is 19.4 Å². The minimum Gasteiger partial charge on any atom is -0.451 e. The number of aliphatic hydroxyl groups is 1. The van der Waals surface area contributed by atoms with Gasteiger partial charge in [0.15, 0.2) is 10.8 Å². The van der Waals surface area contributed by atoms with E-state index < -0.39 is 6.10 Å². The zero-order chi connectivity index (χ0) is 10.1. The Morgan fingerprint density at radius 2 is 2.36 bits per heavy atom. The molecule has 1 unspecified atom stereocenters. The van der Waals surface area contributed by atoms with Gasteiger partial charge < -0.3 is 14.1 Å². The Bertz CT molecular complexity index is 435. The van der Waals surface area contributed by atoms with E-state index in [1.807, 2.05) is 7.05 Å². The van der Waals surface area contributed by atoms with Gasteiger partial charge in [0.25, 0.3) is 0 Å². The number of aromatic nitrogens is 2. The number of nitrogens with zero attached hydrogens (tertiary/aromatic N) is 2. The maximum Gasteiger partial charge on any atom is 0.169 e. The molecule has 0 saturated heterocycles. The fourth-order valence-electron chi connectivity index (χ4n) is 1.24. The van der Waals surface area contributed by atoms with E-state index in [9.17, 15) is 5.11 Å². The van der Waals surface area contributed by atoms with E-state index in [1.165, 1.54) is 0 Å². The Labute approximate surface area is 89.3 Å². The van der Waals surface area contributed by atoms with Gasteiger partial charge in [0.2, 0.25) is 0 Å². The van der Waals surface area contributed by atoms with Gasteiger partial charge in [-0.15, -0.1) is 0 Å². The van der Waals surface area contributed by atoms with E-state index in [4.69, 9.17) is 4.42 Å². The average molecular weight is 257 g/mol. The van der Waals surface area contributed by atoms with Crippen LogP contribution in [0, 0.1) is 0 Å². The molecular weight excluding hydrogens is 248 g/mol. The van der Waals surface area contributed by atoms with Crippen LogP contribution in [0.1, 0.15) is 17.7 Å². The minimum atomic E-state index is -0.818. The molecule has 2 heterocycles. The lowest BCUT2D eigenvalue weighted by molar-refractivity contribution is 0.175. The zero-order valence-electron chi connectivity index (χ0n) is 7.51. The maximum atomic E-state index is 9.88. The summed E-state index contributed by atoms with van der Waals surface area (Å²) in [4.78, 5) is 4.04. The fourth-order valence-corrected chi connectivity index (χ4v) is 1.56. The standard InChI is InChI=1S/C9H9BrN2O2/c1-12-5-4-11-9(12)8(13)6-2-3-7(10)14-6/h2-5,8,13H,1H3. The van der Waals surface area contributed by atoms with Crippen LogP contribution in [0.5, 0.6) is 0 Å². The van der Waals surface area contributed by atoms with Crippen molar-refractivity contribution in [3.63, 3.8) is 0 Å². The smallest absolute Gasteiger partial charge is 0.169 e. The van der Waals surface area contributed by atoms with E-state index in [-0.39, 0.29) is 0 Å². The van der Waals surface area contributed by atoms with Crippen molar-refractivity contribution in [2.24, 2.45) is 7.05 Å². The average Bonchev–Trinajstić information content (AvgIpc) is 2.73. The van der Waals surface area contributed by atoms with Crippen molar-refractivity contribution in [3.05, 3.63) is 40.8 Å². The molecule has 0 spiro atoms. The molecule has 5 heteroatoms. The third kappa shape index (κ3) is 1.60. The number of furan rings is 1. The third-order valence-electron chi connectivity index (χ3n) is 1.97. The van der Waals surface area contributed by atoms with Gasteiger partial charge in [0.1, 0.15) is 11.6 Å². The largest absolute Gasteiger partial charge is 0.451 e. The second kappa shape index (κ2) is 3.59. The highest BCUT2D eigenvalue weighted by Gasteiger charge is 2.17. The molecule has 2 aromatic rings. The molecule has 0 bridgehead atoms. The topological polar surface area (TPSA) is 51.2 Å². The summed E-state index contributed by atoms with van der Waals surface area (Å²) in [7, 11) is 1.82. The van der Waals surface area contributed by atoms with Crippen molar-refractivity contribution in [2.45, 2.75) is 6.10 Å².